The molecule has 1 aliphatic rings. The van der Waals surface area contributed by atoms with E-state index in [9.17, 15) is 13.2 Å². The Morgan fingerprint density at radius 3 is 2.58 bits per heavy atom. The topological polar surface area (TPSA) is 37.0 Å². The molecule has 31 heavy (non-hydrogen) atoms. The van der Waals surface area contributed by atoms with Gasteiger partial charge in [-0.2, -0.15) is 0 Å². The smallest absolute Gasteiger partial charge is 0.266 e. The molecule has 2 heterocycles. The summed E-state index contributed by atoms with van der Waals surface area (Å²) in [4.78, 5) is 4.61. The molecule has 0 fully saturated rings. The van der Waals surface area contributed by atoms with Crippen LogP contribution in [0.5, 0.6) is 0 Å². The van der Waals surface area contributed by atoms with E-state index < -0.39 is 23.8 Å². The molecule has 164 valence electrons. The number of hydrogen-bond acceptors (Lipinski definition) is 3. The SMILES string of the molecule is Cc1cc(NC(C)c2cccc(C(F)F)c2F)c2cc(C3=CCNCC3)ccc2n1.Cl. The Kier molecular flexibility index (Phi) is 7.23. The van der Waals surface area contributed by atoms with Gasteiger partial charge in [-0.3, -0.25) is 4.98 Å². The van der Waals surface area contributed by atoms with Crippen LogP contribution < -0.4 is 10.6 Å². The molecule has 1 aromatic heterocycles. The van der Waals surface area contributed by atoms with Gasteiger partial charge in [-0.05, 0) is 56.1 Å². The van der Waals surface area contributed by atoms with E-state index in [4.69, 9.17) is 0 Å². The molecule has 0 aliphatic carbocycles. The Morgan fingerprint density at radius 2 is 1.87 bits per heavy atom. The van der Waals surface area contributed by atoms with E-state index in [2.05, 4.69) is 33.8 Å². The first-order valence-electron chi connectivity index (χ1n) is 10.1. The second-order valence-electron chi connectivity index (χ2n) is 7.64. The highest BCUT2D eigenvalue weighted by molar-refractivity contribution is 5.94. The van der Waals surface area contributed by atoms with E-state index in [0.717, 1.165) is 53.4 Å². The lowest BCUT2D eigenvalue weighted by atomic mass is 9.97. The number of fused-ring (bicyclic) bond motifs is 1. The van der Waals surface area contributed by atoms with Crippen molar-refractivity contribution in [3.05, 3.63) is 76.7 Å². The number of rotatable bonds is 5. The summed E-state index contributed by atoms with van der Waals surface area (Å²) in [6, 6.07) is 11.7. The van der Waals surface area contributed by atoms with Crippen LogP contribution in [0.4, 0.5) is 18.9 Å². The highest BCUT2D eigenvalue weighted by Crippen LogP contribution is 2.33. The van der Waals surface area contributed by atoms with Crippen molar-refractivity contribution >= 4 is 34.6 Å². The van der Waals surface area contributed by atoms with E-state index in [1.807, 2.05) is 19.1 Å². The fraction of sp³-hybridized carbons (Fsp3) is 0.292. The van der Waals surface area contributed by atoms with Crippen molar-refractivity contribution in [2.45, 2.75) is 32.7 Å². The van der Waals surface area contributed by atoms with Gasteiger partial charge in [0.1, 0.15) is 5.82 Å². The Bertz CT molecular complexity index is 1110. The fourth-order valence-electron chi connectivity index (χ4n) is 3.94. The number of alkyl halides is 2. The van der Waals surface area contributed by atoms with Crippen molar-refractivity contribution < 1.29 is 13.2 Å². The summed E-state index contributed by atoms with van der Waals surface area (Å²) in [5.41, 5.74) is 4.53. The van der Waals surface area contributed by atoms with Crippen LogP contribution in [-0.2, 0) is 0 Å². The largest absolute Gasteiger partial charge is 0.378 e. The molecular weight excluding hydrogens is 423 g/mol. The van der Waals surface area contributed by atoms with E-state index in [1.54, 1.807) is 13.0 Å². The number of halogens is 4. The molecule has 4 rings (SSSR count). The molecule has 2 aromatic carbocycles. The number of aryl methyl sites for hydroxylation is 1. The molecule has 1 aliphatic heterocycles. The third-order valence-electron chi connectivity index (χ3n) is 5.50. The van der Waals surface area contributed by atoms with Crippen LogP contribution in [0.1, 0.15) is 48.2 Å². The molecule has 0 radical (unpaired) electrons. The third-order valence-corrected chi connectivity index (χ3v) is 5.50. The van der Waals surface area contributed by atoms with Gasteiger partial charge in [-0.25, -0.2) is 13.2 Å². The Hall–Kier alpha value is -2.57. The zero-order valence-electron chi connectivity index (χ0n) is 17.4. The molecule has 3 nitrogen and oxygen atoms in total. The molecule has 0 saturated heterocycles. The zero-order chi connectivity index (χ0) is 21.3. The third kappa shape index (κ3) is 4.86. The Balaban J connectivity index is 0.00000272. The number of anilines is 1. The Labute approximate surface area is 186 Å². The van der Waals surface area contributed by atoms with Crippen molar-refractivity contribution in [3.63, 3.8) is 0 Å². The first-order chi connectivity index (χ1) is 14.4. The van der Waals surface area contributed by atoms with Crippen LogP contribution >= 0.6 is 12.4 Å². The minimum Gasteiger partial charge on any atom is -0.378 e. The van der Waals surface area contributed by atoms with Crippen molar-refractivity contribution in [1.29, 1.82) is 0 Å². The quantitative estimate of drug-likeness (QED) is 0.463. The van der Waals surface area contributed by atoms with Crippen molar-refractivity contribution in [2.24, 2.45) is 0 Å². The van der Waals surface area contributed by atoms with Crippen LogP contribution in [0, 0.1) is 12.7 Å². The van der Waals surface area contributed by atoms with Gasteiger partial charge in [0.25, 0.3) is 6.43 Å². The summed E-state index contributed by atoms with van der Waals surface area (Å²) < 4.78 is 40.8. The number of pyridine rings is 1. The van der Waals surface area contributed by atoms with Gasteiger partial charge < -0.3 is 10.6 Å². The fourth-order valence-corrected chi connectivity index (χ4v) is 3.94. The number of hydrogen-bond donors (Lipinski definition) is 2. The molecule has 0 bridgehead atoms. The summed E-state index contributed by atoms with van der Waals surface area (Å²) in [5.74, 6) is -0.858. The van der Waals surface area contributed by atoms with Crippen LogP contribution in [0.15, 0.2) is 48.5 Å². The van der Waals surface area contributed by atoms with E-state index in [1.165, 1.54) is 11.6 Å². The van der Waals surface area contributed by atoms with E-state index >= 15 is 0 Å². The van der Waals surface area contributed by atoms with Gasteiger partial charge in [0.2, 0.25) is 0 Å². The van der Waals surface area contributed by atoms with Crippen LogP contribution in [0.3, 0.4) is 0 Å². The maximum absolute atomic E-state index is 14.6. The molecule has 0 amide bonds. The van der Waals surface area contributed by atoms with Crippen molar-refractivity contribution in [3.8, 4) is 0 Å². The summed E-state index contributed by atoms with van der Waals surface area (Å²) in [6.45, 7) is 5.46. The van der Waals surface area contributed by atoms with Gasteiger partial charge in [-0.15, -0.1) is 12.4 Å². The molecular formula is C24H25ClF3N3. The second-order valence-corrected chi connectivity index (χ2v) is 7.64. The van der Waals surface area contributed by atoms with Gasteiger partial charge in [0.15, 0.2) is 0 Å². The number of benzene rings is 2. The summed E-state index contributed by atoms with van der Waals surface area (Å²) in [5, 5.41) is 7.56. The number of nitrogens with zero attached hydrogens (tertiary/aromatic N) is 1. The molecule has 1 atom stereocenters. The van der Waals surface area contributed by atoms with Crippen LogP contribution in [0.25, 0.3) is 16.5 Å². The average Bonchev–Trinajstić information content (AvgIpc) is 2.74. The lowest BCUT2D eigenvalue weighted by Gasteiger charge is -2.20. The first-order valence-corrected chi connectivity index (χ1v) is 10.1. The van der Waals surface area contributed by atoms with Gasteiger partial charge in [0, 0.05) is 28.9 Å². The van der Waals surface area contributed by atoms with E-state index in [0.29, 0.717) is 0 Å². The van der Waals surface area contributed by atoms with Gasteiger partial charge in [-0.1, -0.05) is 30.3 Å². The lowest BCUT2D eigenvalue weighted by molar-refractivity contribution is 0.146. The first kappa shape index (κ1) is 23.1. The van der Waals surface area contributed by atoms with Crippen molar-refractivity contribution in [2.75, 3.05) is 18.4 Å². The van der Waals surface area contributed by atoms with Gasteiger partial charge >= 0.3 is 0 Å². The number of aromatic nitrogens is 1. The standard InChI is InChI=1S/C24H24F3N3.ClH/c1-14-12-22(30-15(2)18-4-3-5-19(23(18)25)24(26)27)20-13-17(6-7-21(20)29-14)16-8-10-28-11-9-16;/h3-8,12-13,15,24,28H,9-11H2,1-2H3,(H,29,30);1H. The molecule has 7 heteroatoms. The second kappa shape index (κ2) is 9.71. The highest BCUT2D eigenvalue weighted by atomic mass is 35.5. The highest BCUT2D eigenvalue weighted by Gasteiger charge is 2.20. The summed E-state index contributed by atoms with van der Waals surface area (Å²) in [7, 11) is 0. The predicted octanol–water partition coefficient (Wildman–Crippen LogP) is 6.59. The van der Waals surface area contributed by atoms with E-state index in [-0.39, 0.29) is 18.0 Å². The molecule has 3 aromatic rings. The summed E-state index contributed by atoms with van der Waals surface area (Å²) in [6.07, 6.45) is 0.296. The maximum atomic E-state index is 14.6. The molecule has 2 N–H and O–H groups in total. The summed E-state index contributed by atoms with van der Waals surface area (Å²) >= 11 is 0. The maximum Gasteiger partial charge on any atom is 0.266 e. The number of nitrogens with one attached hydrogen (secondary N) is 2. The van der Waals surface area contributed by atoms with Gasteiger partial charge in [0.05, 0.1) is 17.1 Å². The molecule has 0 saturated carbocycles. The minimum absolute atomic E-state index is 0. The minimum atomic E-state index is -2.85. The molecule has 0 spiro atoms. The average molecular weight is 448 g/mol. The zero-order valence-corrected chi connectivity index (χ0v) is 18.2. The molecule has 1 unspecified atom stereocenters. The Morgan fingerprint density at radius 1 is 1.10 bits per heavy atom. The predicted molar refractivity (Wildman–Crippen MR) is 123 cm³/mol. The lowest BCUT2D eigenvalue weighted by Crippen LogP contribution is -2.20. The normalized spacial score (nSPS) is 14.8. The monoisotopic (exact) mass is 447 g/mol. The van der Waals surface area contributed by atoms with Crippen LogP contribution in [0.2, 0.25) is 0 Å². The van der Waals surface area contributed by atoms with Crippen LogP contribution in [-0.4, -0.2) is 18.1 Å². The van der Waals surface area contributed by atoms with Crippen molar-refractivity contribution in [1.82, 2.24) is 10.3 Å².